The third-order valence-electron chi connectivity index (χ3n) is 5.13. The molecule has 6 heteroatoms. The summed E-state index contributed by atoms with van der Waals surface area (Å²) in [5, 5.41) is 9.02. The summed E-state index contributed by atoms with van der Waals surface area (Å²) in [6.45, 7) is 3.97. The van der Waals surface area contributed by atoms with Crippen molar-refractivity contribution in [1.29, 1.82) is 0 Å². The van der Waals surface area contributed by atoms with Crippen molar-refractivity contribution in [2.45, 2.75) is 26.2 Å². The van der Waals surface area contributed by atoms with E-state index in [1.165, 1.54) is 19.3 Å². The Morgan fingerprint density at radius 2 is 1.66 bits per heavy atom. The zero-order valence-electron chi connectivity index (χ0n) is 16.6. The smallest absolute Gasteiger partial charge is 0.271 e. The van der Waals surface area contributed by atoms with Crippen LogP contribution >= 0.6 is 0 Å². The van der Waals surface area contributed by atoms with Gasteiger partial charge in [-0.3, -0.25) is 4.79 Å². The summed E-state index contributed by atoms with van der Waals surface area (Å²) in [6, 6.07) is 19.2. The molecule has 1 aromatic heterocycles. The van der Waals surface area contributed by atoms with Crippen LogP contribution in [0.1, 0.15) is 40.9 Å². The lowest BCUT2D eigenvalue weighted by atomic mass is 10.1. The third kappa shape index (κ3) is 4.21. The van der Waals surface area contributed by atoms with Crippen molar-refractivity contribution in [2.75, 3.05) is 18.0 Å². The number of rotatable bonds is 5. The Hall–Kier alpha value is -3.41. The van der Waals surface area contributed by atoms with E-state index in [0.717, 1.165) is 35.9 Å². The number of para-hydroxylation sites is 1. The largest absolute Gasteiger partial charge is 0.356 e. The van der Waals surface area contributed by atoms with Gasteiger partial charge in [-0.25, -0.2) is 10.1 Å². The molecule has 0 atom stereocenters. The summed E-state index contributed by atoms with van der Waals surface area (Å²) in [7, 11) is 0. The Morgan fingerprint density at radius 1 is 1.00 bits per heavy atom. The van der Waals surface area contributed by atoms with Crippen LogP contribution in [0.3, 0.4) is 0 Å². The fourth-order valence-corrected chi connectivity index (χ4v) is 3.65. The number of amides is 1. The SMILES string of the molecule is Cc1nn(-c2ccccc2)c(N2CCCCC2)c1C=NNC(=O)c1ccccc1. The molecule has 29 heavy (non-hydrogen) atoms. The van der Waals surface area contributed by atoms with Gasteiger partial charge in [0.15, 0.2) is 0 Å². The minimum Gasteiger partial charge on any atom is -0.356 e. The Balaban J connectivity index is 1.65. The van der Waals surface area contributed by atoms with E-state index < -0.39 is 0 Å². The van der Waals surface area contributed by atoms with Crippen LogP contribution in [-0.2, 0) is 0 Å². The monoisotopic (exact) mass is 387 g/mol. The lowest BCUT2D eigenvalue weighted by Gasteiger charge is -2.29. The predicted octanol–water partition coefficient (Wildman–Crippen LogP) is 3.93. The molecule has 0 bridgehead atoms. The highest BCUT2D eigenvalue weighted by atomic mass is 16.2. The third-order valence-corrected chi connectivity index (χ3v) is 5.13. The van der Waals surface area contributed by atoms with Crippen LogP contribution in [-0.4, -0.2) is 35.0 Å². The number of piperidine rings is 1. The number of aryl methyl sites for hydroxylation is 1. The van der Waals surface area contributed by atoms with E-state index in [0.29, 0.717) is 5.56 Å². The van der Waals surface area contributed by atoms with E-state index in [4.69, 9.17) is 5.10 Å². The summed E-state index contributed by atoms with van der Waals surface area (Å²) in [6.07, 6.45) is 5.30. The molecule has 4 rings (SSSR count). The van der Waals surface area contributed by atoms with Crippen molar-refractivity contribution in [3.05, 3.63) is 77.5 Å². The number of aromatic nitrogens is 2. The number of carbonyl (C=O) groups is 1. The van der Waals surface area contributed by atoms with Gasteiger partial charge in [0, 0.05) is 18.7 Å². The van der Waals surface area contributed by atoms with Gasteiger partial charge in [-0.1, -0.05) is 36.4 Å². The van der Waals surface area contributed by atoms with Gasteiger partial charge < -0.3 is 4.90 Å². The van der Waals surface area contributed by atoms with Crippen LogP contribution in [0.15, 0.2) is 65.8 Å². The van der Waals surface area contributed by atoms with Crippen molar-refractivity contribution in [1.82, 2.24) is 15.2 Å². The second-order valence-corrected chi connectivity index (χ2v) is 7.18. The van der Waals surface area contributed by atoms with Crippen LogP contribution in [0.2, 0.25) is 0 Å². The van der Waals surface area contributed by atoms with Gasteiger partial charge in [-0.05, 0) is 50.5 Å². The molecule has 3 aromatic rings. The average molecular weight is 387 g/mol. The van der Waals surface area contributed by atoms with Crippen LogP contribution in [0.4, 0.5) is 5.82 Å². The zero-order valence-corrected chi connectivity index (χ0v) is 16.6. The van der Waals surface area contributed by atoms with E-state index in [1.54, 1.807) is 18.3 Å². The molecule has 1 aliphatic heterocycles. The van der Waals surface area contributed by atoms with Gasteiger partial charge in [-0.15, -0.1) is 0 Å². The molecule has 0 saturated carbocycles. The highest BCUT2D eigenvalue weighted by Gasteiger charge is 2.22. The van der Waals surface area contributed by atoms with Gasteiger partial charge >= 0.3 is 0 Å². The van der Waals surface area contributed by atoms with E-state index in [2.05, 4.69) is 27.6 Å². The van der Waals surface area contributed by atoms with Crippen molar-refractivity contribution in [3.8, 4) is 5.69 Å². The van der Waals surface area contributed by atoms with Gasteiger partial charge in [-0.2, -0.15) is 10.2 Å². The van der Waals surface area contributed by atoms with Gasteiger partial charge in [0.2, 0.25) is 0 Å². The molecule has 0 spiro atoms. The maximum atomic E-state index is 12.3. The Kier molecular flexibility index (Phi) is 5.70. The quantitative estimate of drug-likeness (QED) is 0.533. The molecular weight excluding hydrogens is 362 g/mol. The molecule has 1 fully saturated rings. The van der Waals surface area contributed by atoms with Gasteiger partial charge in [0.1, 0.15) is 5.82 Å². The maximum Gasteiger partial charge on any atom is 0.271 e. The van der Waals surface area contributed by atoms with Crippen molar-refractivity contribution >= 4 is 17.9 Å². The van der Waals surface area contributed by atoms with Gasteiger partial charge in [0.05, 0.1) is 23.2 Å². The van der Waals surface area contributed by atoms with E-state index >= 15 is 0 Å². The minimum absolute atomic E-state index is 0.227. The molecule has 0 unspecified atom stereocenters. The van der Waals surface area contributed by atoms with Crippen LogP contribution in [0.25, 0.3) is 5.69 Å². The van der Waals surface area contributed by atoms with Crippen molar-refractivity contribution in [2.24, 2.45) is 5.10 Å². The number of hydrazone groups is 1. The van der Waals surface area contributed by atoms with Crippen molar-refractivity contribution in [3.63, 3.8) is 0 Å². The van der Waals surface area contributed by atoms with E-state index in [-0.39, 0.29) is 5.91 Å². The summed E-state index contributed by atoms with van der Waals surface area (Å²) >= 11 is 0. The van der Waals surface area contributed by atoms with Gasteiger partial charge in [0.25, 0.3) is 5.91 Å². The number of nitrogens with zero attached hydrogens (tertiary/aromatic N) is 4. The number of nitrogens with one attached hydrogen (secondary N) is 1. The molecule has 6 nitrogen and oxygen atoms in total. The first-order valence-corrected chi connectivity index (χ1v) is 10.0. The van der Waals surface area contributed by atoms with E-state index in [9.17, 15) is 4.79 Å². The number of hydrogen-bond donors (Lipinski definition) is 1. The normalized spacial score (nSPS) is 14.3. The maximum absolute atomic E-state index is 12.3. The number of hydrogen-bond acceptors (Lipinski definition) is 4. The number of anilines is 1. The van der Waals surface area contributed by atoms with Crippen LogP contribution in [0, 0.1) is 6.92 Å². The fourth-order valence-electron chi connectivity index (χ4n) is 3.65. The van der Waals surface area contributed by atoms with E-state index in [1.807, 2.05) is 48.0 Å². The molecule has 0 radical (unpaired) electrons. The molecule has 1 aliphatic rings. The lowest BCUT2D eigenvalue weighted by molar-refractivity contribution is 0.0955. The van der Waals surface area contributed by atoms with Crippen LogP contribution < -0.4 is 10.3 Å². The summed E-state index contributed by atoms with van der Waals surface area (Å²) in [4.78, 5) is 14.6. The zero-order chi connectivity index (χ0) is 20.1. The Labute approximate surface area is 170 Å². The summed E-state index contributed by atoms with van der Waals surface area (Å²) < 4.78 is 1.99. The first-order valence-electron chi connectivity index (χ1n) is 10.0. The topological polar surface area (TPSA) is 62.5 Å². The minimum atomic E-state index is -0.227. The lowest BCUT2D eigenvalue weighted by Crippen LogP contribution is -2.32. The molecular formula is C23H25N5O. The highest BCUT2D eigenvalue weighted by Crippen LogP contribution is 2.28. The predicted molar refractivity (Wildman–Crippen MR) is 116 cm³/mol. The average Bonchev–Trinajstić information content (AvgIpc) is 3.12. The first-order chi connectivity index (χ1) is 14.2. The second kappa shape index (κ2) is 8.73. The molecule has 1 saturated heterocycles. The summed E-state index contributed by atoms with van der Waals surface area (Å²) in [5.41, 5.74) is 6.04. The molecule has 0 aliphatic carbocycles. The number of benzene rings is 2. The summed E-state index contributed by atoms with van der Waals surface area (Å²) in [5.74, 6) is 0.806. The first kappa shape index (κ1) is 18.9. The molecule has 148 valence electrons. The molecule has 1 N–H and O–H groups in total. The number of carbonyl (C=O) groups excluding carboxylic acids is 1. The molecule has 2 heterocycles. The van der Waals surface area contributed by atoms with Crippen molar-refractivity contribution < 1.29 is 4.79 Å². The molecule has 2 aromatic carbocycles. The molecule has 1 amide bonds. The van der Waals surface area contributed by atoms with Crippen LogP contribution in [0.5, 0.6) is 0 Å². The highest BCUT2D eigenvalue weighted by molar-refractivity contribution is 5.95. The standard InChI is InChI=1S/C23H25N5O/c1-18-21(17-24-25-22(29)19-11-5-2-6-12-19)23(27-15-9-4-10-16-27)28(26-18)20-13-7-3-8-14-20/h2-3,5-8,11-14,17H,4,9-10,15-16H2,1H3,(H,25,29). The second-order valence-electron chi connectivity index (χ2n) is 7.18. The Bertz CT molecular complexity index is 989. The fraction of sp³-hybridized carbons (Fsp3) is 0.261. The Morgan fingerprint density at radius 3 is 2.34 bits per heavy atom.